The maximum absolute atomic E-state index is 6.45. The van der Waals surface area contributed by atoms with Gasteiger partial charge in [0.25, 0.3) is 0 Å². The number of hydrogen-bond acceptors (Lipinski definition) is 4. The Morgan fingerprint density at radius 2 is 1.71 bits per heavy atom. The summed E-state index contributed by atoms with van der Waals surface area (Å²) in [6.07, 6.45) is 14.5. The Balaban J connectivity index is 1.78. The molecule has 2 rings (SSSR count). The highest BCUT2D eigenvalue weighted by molar-refractivity contribution is 5.37. The van der Waals surface area contributed by atoms with Crippen molar-refractivity contribution in [1.29, 1.82) is 0 Å². The first kappa shape index (κ1) is 19.2. The van der Waals surface area contributed by atoms with Crippen LogP contribution in [0.15, 0.2) is 6.07 Å². The molecule has 4 heteroatoms. The molecule has 1 aromatic heterocycles. The summed E-state index contributed by atoms with van der Waals surface area (Å²) in [6, 6.07) is 2.30. The van der Waals surface area contributed by atoms with Crippen molar-refractivity contribution < 1.29 is 4.74 Å². The maximum atomic E-state index is 6.45. The summed E-state index contributed by atoms with van der Waals surface area (Å²) >= 11 is 0. The number of methoxy groups -OCH3 is 1. The van der Waals surface area contributed by atoms with Gasteiger partial charge < -0.3 is 16.2 Å². The number of hydrogen-bond donors (Lipinski definition) is 2. The van der Waals surface area contributed by atoms with E-state index in [4.69, 9.17) is 21.2 Å². The van der Waals surface area contributed by atoms with Crippen LogP contribution in [0.25, 0.3) is 0 Å². The Morgan fingerprint density at radius 1 is 1.04 bits per heavy atom. The number of nitrogens with two attached hydrogens (primary N) is 2. The second-order valence-electron chi connectivity index (χ2n) is 7.06. The van der Waals surface area contributed by atoms with E-state index in [9.17, 15) is 0 Å². The lowest BCUT2D eigenvalue weighted by molar-refractivity contribution is 0.382. The molecule has 0 aromatic carbocycles. The highest BCUT2D eigenvalue weighted by Gasteiger charge is 2.19. The molecule has 24 heavy (non-hydrogen) atoms. The van der Waals surface area contributed by atoms with Gasteiger partial charge in [0, 0.05) is 17.3 Å². The van der Waals surface area contributed by atoms with Gasteiger partial charge in [-0.15, -0.1) is 0 Å². The summed E-state index contributed by atoms with van der Waals surface area (Å²) < 4.78 is 5.51. The second-order valence-corrected chi connectivity index (χ2v) is 7.06. The van der Waals surface area contributed by atoms with Gasteiger partial charge >= 0.3 is 0 Å². The summed E-state index contributed by atoms with van der Waals surface area (Å²) in [4.78, 5) is 4.73. The first-order valence-corrected chi connectivity index (χ1v) is 9.78. The van der Waals surface area contributed by atoms with Gasteiger partial charge in [-0.3, -0.25) is 0 Å². The molecule has 0 fully saturated rings. The molecular formula is C20H35N3O. The lowest BCUT2D eigenvalue weighted by atomic mass is 9.92. The van der Waals surface area contributed by atoms with E-state index in [1.54, 1.807) is 7.11 Å². The molecule has 0 radical (unpaired) electrons. The van der Waals surface area contributed by atoms with Gasteiger partial charge in [-0.1, -0.05) is 38.5 Å². The van der Waals surface area contributed by atoms with Crippen molar-refractivity contribution in [3.05, 3.63) is 22.9 Å². The average Bonchev–Trinajstić information content (AvgIpc) is 2.62. The van der Waals surface area contributed by atoms with E-state index < -0.39 is 0 Å². The zero-order chi connectivity index (χ0) is 17.2. The Labute approximate surface area is 147 Å². The van der Waals surface area contributed by atoms with Gasteiger partial charge in [0.2, 0.25) is 5.88 Å². The van der Waals surface area contributed by atoms with Gasteiger partial charge in [0.15, 0.2) is 0 Å². The Morgan fingerprint density at radius 3 is 2.42 bits per heavy atom. The van der Waals surface area contributed by atoms with E-state index in [0.717, 1.165) is 43.7 Å². The monoisotopic (exact) mass is 333 g/mol. The standard InChI is InChI=1S/C20H35N3O/c1-24-20-17(15-16-11-8-9-13-19(16)23-20)18(22)12-7-5-3-2-4-6-10-14-21/h15,18H,2-14,21-22H2,1H3. The van der Waals surface area contributed by atoms with Crippen LogP contribution in [-0.4, -0.2) is 18.6 Å². The number of pyridine rings is 1. The predicted octanol–water partition coefficient (Wildman–Crippen LogP) is 4.05. The molecule has 0 spiro atoms. The van der Waals surface area contributed by atoms with E-state index in [1.165, 1.54) is 62.6 Å². The van der Waals surface area contributed by atoms with Gasteiger partial charge in [0.05, 0.1) is 7.11 Å². The van der Waals surface area contributed by atoms with Crippen molar-refractivity contribution in [2.75, 3.05) is 13.7 Å². The van der Waals surface area contributed by atoms with Gasteiger partial charge in [-0.2, -0.15) is 0 Å². The number of rotatable bonds is 11. The van der Waals surface area contributed by atoms with Gasteiger partial charge in [-0.05, 0) is 56.7 Å². The molecule has 4 N–H and O–H groups in total. The number of aryl methyl sites for hydroxylation is 2. The fourth-order valence-corrected chi connectivity index (χ4v) is 3.61. The minimum Gasteiger partial charge on any atom is -0.481 e. The van der Waals surface area contributed by atoms with E-state index in [-0.39, 0.29) is 6.04 Å². The van der Waals surface area contributed by atoms with E-state index >= 15 is 0 Å². The van der Waals surface area contributed by atoms with Crippen LogP contribution in [-0.2, 0) is 12.8 Å². The zero-order valence-corrected chi connectivity index (χ0v) is 15.4. The topological polar surface area (TPSA) is 74.2 Å². The Kier molecular flexibility index (Phi) is 8.54. The molecule has 0 bridgehead atoms. The van der Waals surface area contributed by atoms with Gasteiger partial charge in [-0.25, -0.2) is 4.98 Å². The van der Waals surface area contributed by atoms with Crippen LogP contribution in [0.2, 0.25) is 0 Å². The lowest BCUT2D eigenvalue weighted by Gasteiger charge is -2.21. The van der Waals surface area contributed by atoms with Crippen molar-refractivity contribution in [2.45, 2.75) is 83.1 Å². The lowest BCUT2D eigenvalue weighted by Crippen LogP contribution is -2.15. The fourth-order valence-electron chi connectivity index (χ4n) is 3.61. The SMILES string of the molecule is COc1nc2c(cc1C(N)CCCCCCCCCN)CCCC2. The van der Waals surface area contributed by atoms with Crippen LogP contribution in [0.3, 0.4) is 0 Å². The first-order valence-electron chi connectivity index (χ1n) is 9.78. The minimum atomic E-state index is 0.0388. The molecule has 0 aliphatic heterocycles. The van der Waals surface area contributed by atoms with Crippen molar-refractivity contribution in [3.63, 3.8) is 0 Å². The molecule has 0 saturated carbocycles. The molecule has 1 aromatic rings. The normalized spacial score (nSPS) is 15.1. The number of aromatic nitrogens is 1. The quantitative estimate of drug-likeness (QED) is 0.599. The van der Waals surface area contributed by atoms with Crippen molar-refractivity contribution in [3.8, 4) is 5.88 Å². The molecule has 0 amide bonds. The largest absolute Gasteiger partial charge is 0.481 e. The first-order chi connectivity index (χ1) is 11.8. The van der Waals surface area contributed by atoms with E-state index in [0.29, 0.717) is 0 Å². The molecule has 1 aliphatic rings. The summed E-state index contributed by atoms with van der Waals surface area (Å²) in [5, 5.41) is 0. The minimum absolute atomic E-state index is 0.0388. The molecule has 4 nitrogen and oxygen atoms in total. The maximum Gasteiger partial charge on any atom is 0.218 e. The third-order valence-corrected chi connectivity index (χ3v) is 5.11. The highest BCUT2D eigenvalue weighted by atomic mass is 16.5. The van der Waals surface area contributed by atoms with E-state index in [2.05, 4.69) is 6.07 Å². The van der Waals surface area contributed by atoms with Crippen LogP contribution in [0.5, 0.6) is 5.88 Å². The summed E-state index contributed by atoms with van der Waals surface area (Å²) in [6.45, 7) is 0.825. The molecule has 1 unspecified atom stereocenters. The smallest absolute Gasteiger partial charge is 0.218 e. The molecule has 1 atom stereocenters. The van der Waals surface area contributed by atoms with Crippen LogP contribution < -0.4 is 16.2 Å². The van der Waals surface area contributed by atoms with Crippen LogP contribution in [0, 0.1) is 0 Å². The zero-order valence-electron chi connectivity index (χ0n) is 15.4. The van der Waals surface area contributed by atoms with Crippen molar-refractivity contribution in [2.24, 2.45) is 11.5 Å². The highest BCUT2D eigenvalue weighted by Crippen LogP contribution is 2.31. The predicted molar refractivity (Wildman–Crippen MR) is 100 cm³/mol. The van der Waals surface area contributed by atoms with Gasteiger partial charge in [0.1, 0.15) is 0 Å². The fraction of sp³-hybridized carbons (Fsp3) is 0.750. The number of unbranched alkanes of at least 4 members (excludes halogenated alkanes) is 6. The van der Waals surface area contributed by atoms with Crippen LogP contribution >= 0.6 is 0 Å². The molecule has 136 valence electrons. The second kappa shape index (κ2) is 10.7. The van der Waals surface area contributed by atoms with Crippen molar-refractivity contribution >= 4 is 0 Å². The third kappa shape index (κ3) is 5.75. The molecule has 1 aliphatic carbocycles. The summed E-state index contributed by atoms with van der Waals surface area (Å²) in [5.74, 6) is 0.741. The number of nitrogens with zero attached hydrogens (tertiary/aromatic N) is 1. The Bertz CT molecular complexity index is 490. The molecule has 1 heterocycles. The molecular weight excluding hydrogens is 298 g/mol. The van der Waals surface area contributed by atoms with E-state index in [1.807, 2.05) is 0 Å². The molecule has 0 saturated heterocycles. The average molecular weight is 334 g/mol. The van der Waals surface area contributed by atoms with Crippen LogP contribution in [0.1, 0.15) is 87.1 Å². The summed E-state index contributed by atoms with van der Waals surface area (Å²) in [7, 11) is 1.70. The number of ether oxygens (including phenoxy) is 1. The third-order valence-electron chi connectivity index (χ3n) is 5.11. The van der Waals surface area contributed by atoms with Crippen molar-refractivity contribution in [1.82, 2.24) is 4.98 Å². The summed E-state index contributed by atoms with van der Waals surface area (Å²) in [5.41, 5.74) is 15.7. The number of fused-ring (bicyclic) bond motifs is 1. The van der Waals surface area contributed by atoms with Crippen LogP contribution in [0.4, 0.5) is 0 Å². The Hall–Kier alpha value is -1.13.